The van der Waals surface area contributed by atoms with Crippen molar-refractivity contribution in [2.24, 2.45) is 5.92 Å². The van der Waals surface area contributed by atoms with Crippen molar-refractivity contribution < 1.29 is 4.79 Å². The summed E-state index contributed by atoms with van der Waals surface area (Å²) in [5.74, 6) is 0.643. The third-order valence-corrected chi connectivity index (χ3v) is 2.65. The smallest absolute Gasteiger partial charge is 0.236 e. The van der Waals surface area contributed by atoms with Crippen molar-refractivity contribution in [3.8, 4) is 6.07 Å². The molecule has 0 aromatic rings. The zero-order chi connectivity index (χ0) is 13.4. The molecule has 1 amide bonds. The minimum atomic E-state index is 0.0922. The molecule has 0 radical (unpaired) electrons. The summed E-state index contributed by atoms with van der Waals surface area (Å²) in [6.45, 7) is 10.4. The summed E-state index contributed by atoms with van der Waals surface area (Å²) >= 11 is 0. The highest BCUT2D eigenvalue weighted by atomic mass is 16.2. The minimum absolute atomic E-state index is 0.0922. The molecular weight excluding hydrogens is 214 g/mol. The number of rotatable bonds is 7. The fourth-order valence-corrected chi connectivity index (χ4v) is 1.56. The maximum Gasteiger partial charge on any atom is 0.236 e. The van der Waals surface area contributed by atoms with Gasteiger partial charge in [-0.2, -0.15) is 5.26 Å². The van der Waals surface area contributed by atoms with Crippen LogP contribution in [0.2, 0.25) is 0 Å². The van der Waals surface area contributed by atoms with Crippen LogP contribution in [-0.2, 0) is 4.79 Å². The van der Waals surface area contributed by atoms with Crippen LogP contribution in [0.4, 0.5) is 0 Å². The van der Waals surface area contributed by atoms with Crippen LogP contribution in [0.15, 0.2) is 0 Å². The number of nitriles is 1. The Morgan fingerprint density at radius 1 is 1.29 bits per heavy atom. The highest BCUT2D eigenvalue weighted by Gasteiger charge is 2.17. The van der Waals surface area contributed by atoms with E-state index in [0.717, 1.165) is 6.54 Å². The lowest BCUT2D eigenvalue weighted by atomic mass is 10.2. The van der Waals surface area contributed by atoms with Gasteiger partial charge in [0.15, 0.2) is 0 Å². The molecule has 0 N–H and O–H groups in total. The monoisotopic (exact) mass is 239 g/mol. The highest BCUT2D eigenvalue weighted by molar-refractivity contribution is 5.78. The number of likely N-dealkylation sites (N-methyl/N-ethyl adjacent to an activating group) is 1. The number of hydrogen-bond donors (Lipinski definition) is 0. The fraction of sp³-hybridized carbons (Fsp3) is 0.846. The van der Waals surface area contributed by atoms with Crippen molar-refractivity contribution in [2.75, 3.05) is 26.7 Å². The van der Waals surface area contributed by atoms with Crippen LogP contribution in [0, 0.1) is 17.2 Å². The summed E-state index contributed by atoms with van der Waals surface area (Å²) in [4.78, 5) is 15.7. The molecule has 0 rings (SSSR count). The molecule has 4 heteroatoms. The Morgan fingerprint density at radius 3 is 2.29 bits per heavy atom. The Bertz CT molecular complexity index is 268. The summed E-state index contributed by atoms with van der Waals surface area (Å²) in [5, 5.41) is 8.49. The molecule has 0 saturated heterocycles. The maximum absolute atomic E-state index is 11.9. The van der Waals surface area contributed by atoms with E-state index in [4.69, 9.17) is 5.26 Å². The van der Waals surface area contributed by atoms with Crippen molar-refractivity contribution in [1.29, 1.82) is 5.26 Å². The molecule has 0 aromatic carbocycles. The second-order valence-corrected chi connectivity index (χ2v) is 5.14. The number of carbonyl (C=O) groups excluding carboxylic acids is 1. The lowest BCUT2D eigenvalue weighted by molar-refractivity contribution is -0.131. The zero-order valence-electron chi connectivity index (χ0n) is 11.7. The summed E-state index contributed by atoms with van der Waals surface area (Å²) in [5.41, 5.74) is 0. The minimum Gasteiger partial charge on any atom is -0.344 e. The van der Waals surface area contributed by atoms with Gasteiger partial charge in [-0.3, -0.25) is 9.69 Å². The van der Waals surface area contributed by atoms with Gasteiger partial charge in [0.05, 0.1) is 19.0 Å². The lowest BCUT2D eigenvalue weighted by Gasteiger charge is -2.29. The molecule has 0 aliphatic heterocycles. The second kappa shape index (κ2) is 8.08. The molecule has 98 valence electrons. The third-order valence-electron chi connectivity index (χ3n) is 2.65. The normalized spacial score (nSPS) is 11.0. The van der Waals surface area contributed by atoms with Crippen molar-refractivity contribution in [3.05, 3.63) is 0 Å². The Kier molecular flexibility index (Phi) is 7.56. The largest absolute Gasteiger partial charge is 0.344 e. The van der Waals surface area contributed by atoms with Crippen LogP contribution in [0.5, 0.6) is 0 Å². The molecule has 0 saturated carbocycles. The molecule has 0 spiro atoms. The maximum atomic E-state index is 11.9. The van der Waals surface area contributed by atoms with Gasteiger partial charge in [0.2, 0.25) is 5.91 Å². The first-order valence-electron chi connectivity index (χ1n) is 6.23. The summed E-state index contributed by atoms with van der Waals surface area (Å²) in [6.07, 6.45) is 0.397. The van der Waals surface area contributed by atoms with Gasteiger partial charge in [-0.25, -0.2) is 0 Å². The topological polar surface area (TPSA) is 47.3 Å². The molecular formula is C13H25N3O. The molecule has 0 aromatic heterocycles. The van der Waals surface area contributed by atoms with Crippen molar-refractivity contribution in [2.45, 2.75) is 40.2 Å². The van der Waals surface area contributed by atoms with Crippen LogP contribution < -0.4 is 0 Å². The van der Waals surface area contributed by atoms with Gasteiger partial charge in [0.25, 0.3) is 0 Å². The Hall–Kier alpha value is -1.08. The molecule has 0 unspecified atom stereocenters. The number of nitrogens with zero attached hydrogens (tertiary/aromatic N) is 3. The average molecular weight is 239 g/mol. The molecule has 0 aliphatic rings. The van der Waals surface area contributed by atoms with Gasteiger partial charge in [0, 0.05) is 26.2 Å². The van der Waals surface area contributed by atoms with E-state index in [2.05, 4.69) is 38.7 Å². The number of hydrogen-bond acceptors (Lipinski definition) is 3. The predicted octanol–water partition coefficient (Wildman–Crippen LogP) is 1.72. The number of carbonyl (C=O) groups is 1. The fourth-order valence-electron chi connectivity index (χ4n) is 1.56. The molecule has 0 atom stereocenters. The van der Waals surface area contributed by atoms with Gasteiger partial charge >= 0.3 is 0 Å². The highest BCUT2D eigenvalue weighted by Crippen LogP contribution is 2.04. The predicted molar refractivity (Wildman–Crippen MR) is 69.4 cm³/mol. The Morgan fingerprint density at radius 2 is 1.88 bits per heavy atom. The standard InChI is InChI=1S/C13H25N3O/c1-11(2)9-16(12(3)4)10-13(17)15(5)8-6-7-14/h11-12H,6,8-10H2,1-5H3. The van der Waals surface area contributed by atoms with E-state index in [9.17, 15) is 4.79 Å². The summed E-state index contributed by atoms with van der Waals surface area (Å²) < 4.78 is 0. The third kappa shape index (κ3) is 6.96. The first-order chi connectivity index (χ1) is 7.88. The second-order valence-electron chi connectivity index (χ2n) is 5.14. The summed E-state index contributed by atoms with van der Waals surface area (Å²) in [7, 11) is 1.76. The van der Waals surface area contributed by atoms with E-state index >= 15 is 0 Å². The molecule has 0 fully saturated rings. The van der Waals surface area contributed by atoms with Gasteiger partial charge in [-0.15, -0.1) is 0 Å². The first-order valence-corrected chi connectivity index (χ1v) is 6.23. The first kappa shape index (κ1) is 15.9. The molecule has 17 heavy (non-hydrogen) atoms. The van der Waals surface area contributed by atoms with Crippen LogP contribution in [0.3, 0.4) is 0 Å². The van der Waals surface area contributed by atoms with Crippen molar-refractivity contribution in [3.63, 3.8) is 0 Å². The van der Waals surface area contributed by atoms with Crippen molar-refractivity contribution in [1.82, 2.24) is 9.80 Å². The van der Waals surface area contributed by atoms with E-state index in [-0.39, 0.29) is 5.91 Å². The quantitative estimate of drug-likeness (QED) is 0.679. The van der Waals surface area contributed by atoms with Gasteiger partial charge in [-0.1, -0.05) is 13.8 Å². The molecule has 0 aliphatic carbocycles. The van der Waals surface area contributed by atoms with Crippen LogP contribution >= 0.6 is 0 Å². The Labute approximate surface area is 105 Å². The lowest BCUT2D eigenvalue weighted by Crippen LogP contribution is -2.43. The molecule has 0 bridgehead atoms. The summed E-state index contributed by atoms with van der Waals surface area (Å²) in [6, 6.07) is 2.42. The van der Waals surface area contributed by atoms with E-state index in [1.807, 2.05) is 0 Å². The van der Waals surface area contributed by atoms with Gasteiger partial charge in [-0.05, 0) is 19.8 Å². The van der Waals surface area contributed by atoms with Crippen LogP contribution in [0.25, 0.3) is 0 Å². The molecule has 4 nitrogen and oxygen atoms in total. The van der Waals surface area contributed by atoms with Crippen molar-refractivity contribution >= 4 is 5.91 Å². The van der Waals surface area contributed by atoms with Crippen LogP contribution in [-0.4, -0.2) is 48.4 Å². The van der Waals surface area contributed by atoms with E-state index in [1.54, 1.807) is 11.9 Å². The SMILES string of the molecule is CC(C)CN(CC(=O)N(C)CCC#N)C(C)C. The van der Waals surface area contributed by atoms with Gasteiger partial charge in [0.1, 0.15) is 0 Å². The molecule has 0 heterocycles. The van der Waals surface area contributed by atoms with E-state index in [1.165, 1.54) is 0 Å². The van der Waals surface area contributed by atoms with Crippen LogP contribution in [0.1, 0.15) is 34.1 Å². The zero-order valence-corrected chi connectivity index (χ0v) is 11.7. The van der Waals surface area contributed by atoms with E-state index < -0.39 is 0 Å². The average Bonchev–Trinajstić information content (AvgIpc) is 2.23. The number of amides is 1. The van der Waals surface area contributed by atoms with E-state index in [0.29, 0.717) is 31.5 Å². The Balaban J connectivity index is 4.25. The van der Waals surface area contributed by atoms with Gasteiger partial charge < -0.3 is 4.90 Å².